The van der Waals surface area contributed by atoms with E-state index < -0.39 is 18.0 Å². The number of carbonyl (C=O) groups is 2. The number of hydrogen-bond donors (Lipinski definition) is 1. The zero-order valence-corrected chi connectivity index (χ0v) is 26.4. The second kappa shape index (κ2) is 14.6. The molecule has 11 nitrogen and oxygen atoms in total. The summed E-state index contributed by atoms with van der Waals surface area (Å²) in [5.41, 5.74) is 3.55. The minimum atomic E-state index is -0.812. The topological polar surface area (TPSA) is 139 Å². The first-order valence-corrected chi connectivity index (χ1v) is 15.1. The maximum absolute atomic E-state index is 13.2. The number of amides is 1. The summed E-state index contributed by atoms with van der Waals surface area (Å²) in [7, 11) is 0. The zero-order valence-electron chi connectivity index (χ0n) is 26.4. The first kappa shape index (κ1) is 32.0. The number of ether oxygens (including phenoxy) is 3. The summed E-state index contributed by atoms with van der Waals surface area (Å²) in [6.45, 7) is 9.78. The van der Waals surface area contributed by atoms with E-state index in [1.165, 1.54) is 6.92 Å². The van der Waals surface area contributed by atoms with Crippen LogP contribution in [0.25, 0.3) is 22.7 Å². The number of benzene rings is 3. The molecule has 0 radical (unpaired) electrons. The number of nitrogens with zero attached hydrogens (tertiary/aromatic N) is 3. The molecule has 5 aromatic rings. The molecule has 1 amide bonds. The van der Waals surface area contributed by atoms with Crippen LogP contribution in [-0.4, -0.2) is 33.7 Å². The molecule has 0 saturated heterocycles. The highest BCUT2D eigenvalue weighted by Crippen LogP contribution is 2.44. The molecule has 0 aliphatic rings. The van der Waals surface area contributed by atoms with E-state index in [0.717, 1.165) is 16.7 Å². The normalized spacial score (nSPS) is 11.7. The Morgan fingerprint density at radius 3 is 2.07 bits per heavy atom. The van der Waals surface area contributed by atoms with Crippen molar-refractivity contribution in [2.24, 2.45) is 0 Å². The van der Waals surface area contributed by atoms with E-state index in [1.54, 1.807) is 13.8 Å². The minimum absolute atomic E-state index is 0.0335. The lowest BCUT2D eigenvalue weighted by Gasteiger charge is -2.19. The third-order valence-corrected chi connectivity index (χ3v) is 7.05. The lowest BCUT2D eigenvalue weighted by atomic mass is 9.96. The molecule has 0 spiro atoms. The molecule has 2 aromatic heterocycles. The summed E-state index contributed by atoms with van der Waals surface area (Å²) in [6.07, 6.45) is -0.812. The van der Waals surface area contributed by atoms with E-state index >= 15 is 0 Å². The number of aromatic nitrogens is 3. The van der Waals surface area contributed by atoms with Crippen LogP contribution in [0.15, 0.2) is 81.8 Å². The number of hydrogen-bond acceptors (Lipinski definition) is 10. The Kier molecular flexibility index (Phi) is 10.1. The molecule has 46 heavy (non-hydrogen) atoms. The largest absolute Gasteiger partial charge is 0.488 e. The Labute approximate surface area is 266 Å². The summed E-state index contributed by atoms with van der Waals surface area (Å²) in [5.74, 6) is 0.434. The maximum Gasteiger partial charge on any atom is 0.303 e. The summed E-state index contributed by atoms with van der Waals surface area (Å²) in [4.78, 5) is 29.2. The summed E-state index contributed by atoms with van der Waals surface area (Å²) in [5, 5.41) is 11.0. The Hall–Kier alpha value is -5.45. The van der Waals surface area contributed by atoms with Crippen molar-refractivity contribution >= 4 is 11.9 Å². The van der Waals surface area contributed by atoms with Crippen molar-refractivity contribution in [3.05, 3.63) is 101 Å². The van der Waals surface area contributed by atoms with Crippen molar-refractivity contribution < 1.29 is 32.8 Å². The average molecular weight is 625 g/mol. The number of esters is 1. The monoisotopic (exact) mass is 624 g/mol. The number of carbonyl (C=O) groups excluding carboxylic acids is 2. The van der Waals surface area contributed by atoms with E-state index in [9.17, 15) is 9.59 Å². The average Bonchev–Trinajstić information content (AvgIpc) is 3.71. The van der Waals surface area contributed by atoms with Crippen LogP contribution in [0, 0.1) is 0 Å². The fourth-order valence-electron chi connectivity index (χ4n) is 4.80. The van der Waals surface area contributed by atoms with Gasteiger partial charge in [0, 0.05) is 19.5 Å². The molecule has 11 heteroatoms. The molecule has 2 heterocycles. The smallest absolute Gasteiger partial charge is 0.303 e. The van der Waals surface area contributed by atoms with Crippen LogP contribution < -0.4 is 14.8 Å². The van der Waals surface area contributed by atoms with Crippen molar-refractivity contribution in [1.82, 2.24) is 20.6 Å². The van der Waals surface area contributed by atoms with Gasteiger partial charge in [0.05, 0.1) is 5.56 Å². The van der Waals surface area contributed by atoms with Gasteiger partial charge in [-0.25, -0.2) is 0 Å². The SMILES string of the molecule is CCNC(=O)c1noc(-c2cc(C(C)C)c(OCc3ccccc3)cc2OCc2ccccc2)c1-c1noc(C(C)OC(C)=O)n1. The molecule has 0 fully saturated rings. The van der Waals surface area contributed by atoms with Gasteiger partial charge >= 0.3 is 5.97 Å². The van der Waals surface area contributed by atoms with Gasteiger partial charge in [-0.3, -0.25) is 9.59 Å². The quantitative estimate of drug-likeness (QED) is 0.136. The third kappa shape index (κ3) is 7.43. The highest BCUT2D eigenvalue weighted by molar-refractivity contribution is 6.01. The molecular weight excluding hydrogens is 588 g/mol. The molecule has 0 saturated carbocycles. The van der Waals surface area contributed by atoms with Crippen molar-refractivity contribution in [3.63, 3.8) is 0 Å². The van der Waals surface area contributed by atoms with Gasteiger partial charge in [-0.2, -0.15) is 4.98 Å². The Bertz CT molecular complexity index is 1780. The molecule has 3 aromatic carbocycles. The van der Waals surface area contributed by atoms with Crippen LogP contribution in [0.5, 0.6) is 11.5 Å². The fourth-order valence-corrected chi connectivity index (χ4v) is 4.80. The van der Waals surface area contributed by atoms with Gasteiger partial charge in [0.25, 0.3) is 11.8 Å². The van der Waals surface area contributed by atoms with Gasteiger partial charge in [-0.05, 0) is 42.5 Å². The van der Waals surface area contributed by atoms with Crippen LogP contribution in [0.4, 0.5) is 0 Å². The first-order chi connectivity index (χ1) is 22.2. The Balaban J connectivity index is 1.65. The van der Waals surface area contributed by atoms with Gasteiger partial charge in [0.2, 0.25) is 5.82 Å². The van der Waals surface area contributed by atoms with Gasteiger partial charge in [0.1, 0.15) is 30.3 Å². The van der Waals surface area contributed by atoms with Gasteiger partial charge < -0.3 is 28.6 Å². The zero-order chi connectivity index (χ0) is 32.6. The summed E-state index contributed by atoms with van der Waals surface area (Å²) >= 11 is 0. The van der Waals surface area contributed by atoms with E-state index in [1.807, 2.05) is 72.8 Å². The Morgan fingerprint density at radius 1 is 0.848 bits per heavy atom. The lowest BCUT2D eigenvalue weighted by molar-refractivity contribution is -0.147. The third-order valence-electron chi connectivity index (χ3n) is 7.05. The van der Waals surface area contributed by atoms with Gasteiger partial charge in [-0.1, -0.05) is 84.8 Å². The van der Waals surface area contributed by atoms with Gasteiger partial charge in [-0.15, -0.1) is 0 Å². The predicted molar refractivity (Wildman–Crippen MR) is 169 cm³/mol. The van der Waals surface area contributed by atoms with Crippen LogP contribution >= 0.6 is 0 Å². The van der Waals surface area contributed by atoms with Crippen LogP contribution in [0.3, 0.4) is 0 Å². The van der Waals surface area contributed by atoms with Crippen molar-refractivity contribution in [2.75, 3.05) is 6.54 Å². The molecular formula is C35H36N4O7. The second-order valence-electron chi connectivity index (χ2n) is 10.9. The number of rotatable bonds is 13. The fraction of sp³-hybridized carbons (Fsp3) is 0.286. The first-order valence-electron chi connectivity index (χ1n) is 15.1. The van der Waals surface area contributed by atoms with Crippen LogP contribution in [-0.2, 0) is 22.7 Å². The molecule has 1 unspecified atom stereocenters. The summed E-state index contributed by atoms with van der Waals surface area (Å²) in [6, 6.07) is 23.4. The molecule has 0 aliphatic carbocycles. The molecule has 5 rings (SSSR count). The van der Waals surface area contributed by atoms with E-state index in [-0.39, 0.29) is 41.3 Å². The van der Waals surface area contributed by atoms with Crippen LogP contribution in [0.1, 0.15) is 79.7 Å². The Morgan fingerprint density at radius 2 is 1.48 bits per heavy atom. The maximum atomic E-state index is 13.2. The highest BCUT2D eigenvalue weighted by atomic mass is 16.6. The van der Waals surface area contributed by atoms with Crippen molar-refractivity contribution in [3.8, 4) is 34.2 Å². The predicted octanol–water partition coefficient (Wildman–Crippen LogP) is 7.05. The van der Waals surface area contributed by atoms with Gasteiger partial charge in [0.15, 0.2) is 17.6 Å². The standard InChI is InChI=1S/C35H36N4O7/c1-6-36-34(41)31-30(33-37-35(46-39-33)22(4)44-23(5)40)32(45-38-31)27-17-26(21(2)3)28(42-19-24-13-9-7-10-14-24)18-29(27)43-20-25-15-11-8-12-16-25/h7-18,21-22H,6,19-20H2,1-5H3,(H,36,41). The van der Waals surface area contributed by atoms with Crippen molar-refractivity contribution in [2.45, 2.75) is 59.9 Å². The van der Waals surface area contributed by atoms with E-state index in [4.69, 9.17) is 23.3 Å². The van der Waals surface area contributed by atoms with E-state index in [2.05, 4.69) is 34.5 Å². The highest BCUT2D eigenvalue weighted by Gasteiger charge is 2.31. The number of nitrogens with one attached hydrogen (secondary N) is 1. The second-order valence-corrected chi connectivity index (χ2v) is 10.9. The van der Waals surface area contributed by atoms with Crippen LogP contribution in [0.2, 0.25) is 0 Å². The molecule has 1 N–H and O–H groups in total. The van der Waals surface area contributed by atoms with Crippen molar-refractivity contribution in [1.29, 1.82) is 0 Å². The molecule has 0 aliphatic heterocycles. The summed E-state index contributed by atoms with van der Waals surface area (Å²) < 4.78 is 29.3. The molecule has 0 bridgehead atoms. The lowest BCUT2D eigenvalue weighted by Crippen LogP contribution is -2.23. The van der Waals surface area contributed by atoms with E-state index in [0.29, 0.717) is 30.2 Å². The minimum Gasteiger partial charge on any atom is -0.488 e. The molecule has 238 valence electrons. The molecule has 1 atom stereocenters.